The zero-order valence-electron chi connectivity index (χ0n) is 8.66. The van der Waals surface area contributed by atoms with Crippen LogP contribution < -0.4 is 0 Å². The lowest BCUT2D eigenvalue weighted by atomic mass is 10.3. The van der Waals surface area contributed by atoms with E-state index in [0.717, 1.165) is 6.54 Å². The molecule has 0 spiro atoms. The van der Waals surface area contributed by atoms with E-state index in [0.29, 0.717) is 11.4 Å². The third kappa shape index (κ3) is 1.90. The van der Waals surface area contributed by atoms with Gasteiger partial charge in [0.1, 0.15) is 0 Å². The molecular weight excluding hydrogens is 208 g/mol. The van der Waals surface area contributed by atoms with Crippen LogP contribution in [0.2, 0.25) is 0 Å². The van der Waals surface area contributed by atoms with Gasteiger partial charge in [-0.3, -0.25) is 4.68 Å². The van der Waals surface area contributed by atoms with Crippen molar-refractivity contribution in [1.82, 2.24) is 19.7 Å². The molecule has 0 unspecified atom stereocenters. The summed E-state index contributed by atoms with van der Waals surface area (Å²) in [6.07, 6.45) is 4.82. The summed E-state index contributed by atoms with van der Waals surface area (Å²) in [6.45, 7) is 2.71. The van der Waals surface area contributed by atoms with Gasteiger partial charge in [0.2, 0.25) is 0 Å². The molecule has 16 heavy (non-hydrogen) atoms. The maximum atomic E-state index is 10.7. The molecule has 82 valence electrons. The first-order valence-electron chi connectivity index (χ1n) is 4.80. The number of rotatable bonds is 3. The minimum absolute atomic E-state index is 0.0192. The quantitative estimate of drug-likeness (QED) is 0.833. The van der Waals surface area contributed by atoms with E-state index in [1.807, 2.05) is 6.92 Å². The molecule has 2 aromatic rings. The van der Waals surface area contributed by atoms with Gasteiger partial charge in [-0.25, -0.2) is 14.8 Å². The third-order valence-electron chi connectivity index (χ3n) is 2.09. The van der Waals surface area contributed by atoms with Crippen molar-refractivity contribution in [2.75, 3.05) is 0 Å². The van der Waals surface area contributed by atoms with Crippen LogP contribution in [0.1, 0.15) is 17.4 Å². The Morgan fingerprint density at radius 2 is 2.38 bits per heavy atom. The molecule has 2 rings (SSSR count). The maximum Gasteiger partial charge on any atom is 0.354 e. The Morgan fingerprint density at radius 3 is 3.00 bits per heavy atom. The molecule has 0 saturated heterocycles. The molecule has 6 heteroatoms. The van der Waals surface area contributed by atoms with Crippen molar-refractivity contribution >= 4 is 5.97 Å². The number of nitrogens with zero attached hydrogens (tertiary/aromatic N) is 4. The van der Waals surface area contributed by atoms with Gasteiger partial charge in [0.25, 0.3) is 0 Å². The molecule has 0 saturated carbocycles. The lowest BCUT2D eigenvalue weighted by molar-refractivity contribution is 0.0690. The second-order valence-corrected chi connectivity index (χ2v) is 3.16. The predicted molar refractivity (Wildman–Crippen MR) is 55.9 cm³/mol. The molecular formula is C10H10N4O2. The molecule has 0 radical (unpaired) electrons. The van der Waals surface area contributed by atoms with Gasteiger partial charge >= 0.3 is 5.97 Å². The highest BCUT2D eigenvalue weighted by molar-refractivity contribution is 5.85. The number of aryl methyl sites for hydroxylation is 1. The fraction of sp³-hybridized carbons (Fsp3) is 0.200. The molecule has 0 atom stereocenters. The van der Waals surface area contributed by atoms with Crippen LogP contribution in [0.5, 0.6) is 0 Å². The largest absolute Gasteiger partial charge is 0.477 e. The van der Waals surface area contributed by atoms with E-state index in [4.69, 9.17) is 5.11 Å². The van der Waals surface area contributed by atoms with Crippen molar-refractivity contribution in [2.45, 2.75) is 13.5 Å². The Balaban J connectivity index is 2.40. The Kier molecular flexibility index (Phi) is 2.63. The lowest BCUT2D eigenvalue weighted by Crippen LogP contribution is -2.01. The van der Waals surface area contributed by atoms with Crippen LogP contribution in [0.25, 0.3) is 11.4 Å². The van der Waals surface area contributed by atoms with Gasteiger partial charge in [0.05, 0.1) is 11.8 Å². The summed E-state index contributed by atoms with van der Waals surface area (Å²) < 4.78 is 1.73. The van der Waals surface area contributed by atoms with Crippen LogP contribution in [0.3, 0.4) is 0 Å². The number of hydrogen-bond donors (Lipinski definition) is 1. The average Bonchev–Trinajstić information content (AvgIpc) is 2.77. The van der Waals surface area contributed by atoms with Crippen molar-refractivity contribution in [3.8, 4) is 11.4 Å². The van der Waals surface area contributed by atoms with Crippen molar-refractivity contribution in [3.63, 3.8) is 0 Å². The second-order valence-electron chi connectivity index (χ2n) is 3.16. The van der Waals surface area contributed by atoms with Gasteiger partial charge in [-0.05, 0) is 13.0 Å². The first kappa shape index (κ1) is 10.3. The molecule has 0 fully saturated rings. The molecule has 2 aromatic heterocycles. The van der Waals surface area contributed by atoms with E-state index in [2.05, 4.69) is 15.1 Å². The average molecular weight is 218 g/mol. The highest BCUT2D eigenvalue weighted by atomic mass is 16.4. The van der Waals surface area contributed by atoms with Crippen LogP contribution in [0.4, 0.5) is 0 Å². The summed E-state index contributed by atoms with van der Waals surface area (Å²) in [5.41, 5.74) is 0.694. The summed E-state index contributed by atoms with van der Waals surface area (Å²) in [5.74, 6) is -0.689. The zero-order valence-corrected chi connectivity index (χ0v) is 8.66. The van der Waals surface area contributed by atoms with Gasteiger partial charge in [-0.15, -0.1) is 0 Å². The molecule has 0 aliphatic carbocycles. The van der Waals surface area contributed by atoms with Crippen molar-refractivity contribution in [2.24, 2.45) is 0 Å². The van der Waals surface area contributed by atoms with Crippen LogP contribution in [-0.2, 0) is 6.54 Å². The molecule has 0 bridgehead atoms. The molecule has 6 nitrogen and oxygen atoms in total. The summed E-state index contributed by atoms with van der Waals surface area (Å²) in [7, 11) is 0. The Morgan fingerprint density at radius 1 is 1.56 bits per heavy atom. The number of carboxylic acid groups (broad SMARTS) is 1. The SMILES string of the molecule is CCn1cc(-c2nccc(C(=O)O)n2)cn1. The molecule has 2 heterocycles. The Labute approximate surface area is 91.6 Å². The fourth-order valence-corrected chi connectivity index (χ4v) is 1.27. The van der Waals surface area contributed by atoms with Crippen molar-refractivity contribution in [1.29, 1.82) is 0 Å². The topological polar surface area (TPSA) is 80.9 Å². The summed E-state index contributed by atoms with van der Waals surface area (Å²) >= 11 is 0. The van der Waals surface area contributed by atoms with E-state index in [1.54, 1.807) is 17.1 Å². The van der Waals surface area contributed by atoms with E-state index in [1.165, 1.54) is 12.3 Å². The summed E-state index contributed by atoms with van der Waals surface area (Å²) in [5, 5.41) is 12.9. The molecule has 0 aliphatic rings. The molecule has 0 amide bonds. The fourth-order valence-electron chi connectivity index (χ4n) is 1.27. The Bertz CT molecular complexity index is 521. The molecule has 1 N–H and O–H groups in total. The third-order valence-corrected chi connectivity index (χ3v) is 2.09. The first-order valence-corrected chi connectivity index (χ1v) is 4.80. The van der Waals surface area contributed by atoms with Gasteiger partial charge in [-0.1, -0.05) is 0 Å². The minimum Gasteiger partial charge on any atom is -0.477 e. The van der Waals surface area contributed by atoms with Gasteiger partial charge in [-0.2, -0.15) is 5.10 Å². The second kappa shape index (κ2) is 4.09. The van der Waals surface area contributed by atoms with Crippen molar-refractivity contribution < 1.29 is 9.90 Å². The van der Waals surface area contributed by atoms with Crippen LogP contribution in [0, 0.1) is 0 Å². The monoisotopic (exact) mass is 218 g/mol. The molecule has 0 aromatic carbocycles. The highest BCUT2D eigenvalue weighted by Gasteiger charge is 2.09. The van der Waals surface area contributed by atoms with Crippen LogP contribution in [0.15, 0.2) is 24.7 Å². The van der Waals surface area contributed by atoms with Gasteiger partial charge in [0, 0.05) is 18.9 Å². The number of aromatic nitrogens is 4. The smallest absolute Gasteiger partial charge is 0.354 e. The lowest BCUT2D eigenvalue weighted by Gasteiger charge is -1.97. The number of carboxylic acids is 1. The van der Waals surface area contributed by atoms with Crippen LogP contribution in [-0.4, -0.2) is 30.8 Å². The Hall–Kier alpha value is -2.24. The normalized spacial score (nSPS) is 10.3. The first-order chi connectivity index (χ1) is 7.70. The van der Waals surface area contributed by atoms with Gasteiger partial charge in [0.15, 0.2) is 11.5 Å². The van der Waals surface area contributed by atoms with Crippen LogP contribution >= 0.6 is 0 Å². The summed E-state index contributed by atoms with van der Waals surface area (Å²) in [4.78, 5) is 18.7. The van der Waals surface area contributed by atoms with E-state index in [-0.39, 0.29) is 5.69 Å². The number of aromatic carboxylic acids is 1. The maximum absolute atomic E-state index is 10.7. The summed E-state index contributed by atoms with van der Waals surface area (Å²) in [6, 6.07) is 1.36. The number of hydrogen-bond acceptors (Lipinski definition) is 4. The van der Waals surface area contributed by atoms with Crippen molar-refractivity contribution in [3.05, 3.63) is 30.4 Å². The van der Waals surface area contributed by atoms with E-state index in [9.17, 15) is 4.79 Å². The molecule has 0 aliphatic heterocycles. The predicted octanol–water partition coefficient (Wildman–Crippen LogP) is 1.06. The standard InChI is InChI=1S/C10H10N4O2/c1-2-14-6-7(5-12-14)9-11-4-3-8(13-9)10(15)16/h3-6H,2H2,1H3,(H,15,16). The number of carbonyl (C=O) groups is 1. The van der Waals surface area contributed by atoms with E-state index < -0.39 is 5.97 Å². The highest BCUT2D eigenvalue weighted by Crippen LogP contribution is 2.13. The van der Waals surface area contributed by atoms with Gasteiger partial charge < -0.3 is 5.11 Å². The minimum atomic E-state index is -1.06. The zero-order chi connectivity index (χ0) is 11.5. The van der Waals surface area contributed by atoms with E-state index >= 15 is 0 Å².